The highest BCUT2D eigenvalue weighted by Gasteiger charge is 2.38. The van der Waals surface area contributed by atoms with Gasteiger partial charge in [0.15, 0.2) is 0 Å². The molecule has 0 unspecified atom stereocenters. The van der Waals surface area contributed by atoms with Crippen LogP contribution in [0.4, 0.5) is 0 Å². The van der Waals surface area contributed by atoms with Gasteiger partial charge in [0.2, 0.25) is 0 Å². The lowest BCUT2D eigenvalue weighted by atomic mass is 9.84. The first-order valence-corrected chi connectivity index (χ1v) is 6.81. The standard InChI is InChI=1S/C14H21BO4/c1-17-12-14(10-6-3-7-11-14)19-15(16)18-13-8-4-2-5-9-13/h2,4-5,8-9,16H,3,6-7,10-12H2,1H3. The van der Waals surface area contributed by atoms with E-state index in [0.29, 0.717) is 12.4 Å². The monoisotopic (exact) mass is 264 g/mol. The summed E-state index contributed by atoms with van der Waals surface area (Å²) in [5.41, 5.74) is -0.415. The predicted molar refractivity (Wildman–Crippen MR) is 73.8 cm³/mol. The lowest BCUT2D eigenvalue weighted by Crippen LogP contribution is -2.46. The third-order valence-corrected chi connectivity index (χ3v) is 3.50. The van der Waals surface area contributed by atoms with Gasteiger partial charge >= 0.3 is 7.32 Å². The lowest BCUT2D eigenvalue weighted by molar-refractivity contribution is -0.0595. The van der Waals surface area contributed by atoms with Gasteiger partial charge in [-0.1, -0.05) is 37.5 Å². The number of benzene rings is 1. The van der Waals surface area contributed by atoms with Crippen LogP contribution in [-0.4, -0.2) is 31.7 Å². The molecule has 104 valence electrons. The third kappa shape index (κ3) is 4.23. The molecule has 2 rings (SSSR count). The molecule has 0 heterocycles. The topological polar surface area (TPSA) is 47.9 Å². The minimum absolute atomic E-state index is 0.415. The van der Waals surface area contributed by atoms with Crippen LogP contribution < -0.4 is 4.65 Å². The van der Waals surface area contributed by atoms with Crippen LogP contribution in [0.2, 0.25) is 0 Å². The molecule has 1 aliphatic rings. The summed E-state index contributed by atoms with van der Waals surface area (Å²) in [6.07, 6.45) is 5.21. The van der Waals surface area contributed by atoms with Crippen LogP contribution >= 0.6 is 0 Å². The second-order valence-electron chi connectivity index (χ2n) is 5.03. The molecule has 0 radical (unpaired) electrons. The van der Waals surface area contributed by atoms with Crippen LogP contribution in [0.15, 0.2) is 30.3 Å². The van der Waals surface area contributed by atoms with Gasteiger partial charge in [-0.3, -0.25) is 0 Å². The van der Waals surface area contributed by atoms with Crippen molar-refractivity contribution in [3.05, 3.63) is 30.3 Å². The Hall–Kier alpha value is -1.04. The lowest BCUT2D eigenvalue weighted by Gasteiger charge is -2.37. The summed E-state index contributed by atoms with van der Waals surface area (Å²) in [4.78, 5) is 0. The van der Waals surface area contributed by atoms with E-state index >= 15 is 0 Å². The molecule has 1 fully saturated rings. The summed E-state index contributed by atoms with van der Waals surface area (Å²) in [6, 6.07) is 9.18. The van der Waals surface area contributed by atoms with Crippen LogP contribution in [-0.2, 0) is 9.39 Å². The molecule has 0 bridgehead atoms. The number of para-hydroxylation sites is 1. The van der Waals surface area contributed by atoms with Crippen molar-refractivity contribution in [2.24, 2.45) is 0 Å². The Morgan fingerprint density at radius 1 is 1.16 bits per heavy atom. The number of rotatable bonds is 6. The van der Waals surface area contributed by atoms with E-state index in [0.717, 1.165) is 25.7 Å². The summed E-state index contributed by atoms with van der Waals surface area (Å²) >= 11 is 0. The van der Waals surface area contributed by atoms with Gasteiger partial charge in [0.1, 0.15) is 5.75 Å². The van der Waals surface area contributed by atoms with Gasteiger partial charge in [0.25, 0.3) is 0 Å². The summed E-state index contributed by atoms with van der Waals surface area (Å²) < 4.78 is 16.3. The van der Waals surface area contributed by atoms with Crippen molar-refractivity contribution in [3.8, 4) is 5.75 Å². The Labute approximate surface area is 114 Å². The number of hydrogen-bond acceptors (Lipinski definition) is 4. The molecular weight excluding hydrogens is 243 g/mol. The molecule has 0 aliphatic heterocycles. The van der Waals surface area contributed by atoms with Crippen LogP contribution in [0.5, 0.6) is 5.75 Å². The molecular formula is C14H21BO4. The largest absolute Gasteiger partial charge is 0.710 e. The fourth-order valence-electron chi connectivity index (χ4n) is 2.61. The van der Waals surface area contributed by atoms with Gasteiger partial charge in [-0.05, 0) is 25.0 Å². The maximum atomic E-state index is 9.95. The van der Waals surface area contributed by atoms with E-state index in [1.54, 1.807) is 19.2 Å². The second-order valence-corrected chi connectivity index (χ2v) is 5.03. The Bertz CT molecular complexity index is 359. The number of ether oxygens (including phenoxy) is 1. The zero-order valence-corrected chi connectivity index (χ0v) is 11.4. The predicted octanol–water partition coefficient (Wildman–Crippen LogP) is 2.41. The Balaban J connectivity index is 1.93. The van der Waals surface area contributed by atoms with Crippen molar-refractivity contribution >= 4 is 7.32 Å². The molecule has 1 N–H and O–H groups in total. The van der Waals surface area contributed by atoms with Crippen molar-refractivity contribution in [2.45, 2.75) is 37.7 Å². The highest BCUT2D eigenvalue weighted by Crippen LogP contribution is 2.32. The molecule has 4 nitrogen and oxygen atoms in total. The molecule has 1 aromatic carbocycles. The Kier molecular flexibility index (Phi) is 5.25. The van der Waals surface area contributed by atoms with E-state index in [1.807, 2.05) is 18.2 Å². The van der Waals surface area contributed by atoms with E-state index in [1.165, 1.54) is 6.42 Å². The van der Waals surface area contributed by atoms with Crippen molar-refractivity contribution in [1.82, 2.24) is 0 Å². The van der Waals surface area contributed by atoms with Crippen LogP contribution in [0.3, 0.4) is 0 Å². The number of methoxy groups -OCH3 is 1. The van der Waals surface area contributed by atoms with E-state index < -0.39 is 12.9 Å². The minimum atomic E-state index is -1.25. The summed E-state index contributed by atoms with van der Waals surface area (Å²) in [5.74, 6) is 0.596. The maximum Gasteiger partial charge on any atom is 0.710 e. The normalized spacial score (nSPS) is 18.0. The van der Waals surface area contributed by atoms with Crippen LogP contribution in [0, 0.1) is 0 Å². The van der Waals surface area contributed by atoms with E-state index in [-0.39, 0.29) is 0 Å². The molecule has 0 aromatic heterocycles. The van der Waals surface area contributed by atoms with Crippen molar-refractivity contribution in [2.75, 3.05) is 13.7 Å². The average molecular weight is 264 g/mol. The van der Waals surface area contributed by atoms with E-state index in [9.17, 15) is 5.02 Å². The van der Waals surface area contributed by atoms with Gasteiger partial charge in [-0.15, -0.1) is 0 Å². The molecule has 0 amide bonds. The Morgan fingerprint density at radius 3 is 2.47 bits per heavy atom. The molecule has 0 spiro atoms. The van der Waals surface area contributed by atoms with Crippen molar-refractivity contribution in [3.63, 3.8) is 0 Å². The molecule has 0 atom stereocenters. The van der Waals surface area contributed by atoms with Crippen molar-refractivity contribution in [1.29, 1.82) is 0 Å². The second kappa shape index (κ2) is 6.94. The van der Waals surface area contributed by atoms with Gasteiger partial charge in [-0.25, -0.2) is 0 Å². The molecule has 1 saturated carbocycles. The van der Waals surface area contributed by atoms with E-state index in [4.69, 9.17) is 14.0 Å². The van der Waals surface area contributed by atoms with Crippen molar-refractivity contribution < 1.29 is 19.1 Å². The third-order valence-electron chi connectivity index (χ3n) is 3.50. The van der Waals surface area contributed by atoms with Crippen LogP contribution in [0.25, 0.3) is 0 Å². The molecule has 0 saturated heterocycles. The van der Waals surface area contributed by atoms with Gasteiger partial charge in [0.05, 0.1) is 12.2 Å². The zero-order chi connectivity index (χ0) is 13.6. The highest BCUT2D eigenvalue weighted by atomic mass is 16.7. The molecule has 1 aliphatic carbocycles. The van der Waals surface area contributed by atoms with E-state index in [2.05, 4.69) is 0 Å². The smallest absolute Gasteiger partial charge is 0.512 e. The summed E-state index contributed by atoms with van der Waals surface area (Å²) in [7, 11) is 0.403. The van der Waals surface area contributed by atoms with Gasteiger partial charge in [0, 0.05) is 7.11 Å². The Morgan fingerprint density at radius 2 is 1.84 bits per heavy atom. The molecule has 19 heavy (non-hydrogen) atoms. The molecule has 5 heteroatoms. The van der Waals surface area contributed by atoms with Gasteiger partial charge in [-0.2, -0.15) is 0 Å². The summed E-state index contributed by atoms with van der Waals surface area (Å²) in [5, 5.41) is 9.95. The number of hydrogen-bond donors (Lipinski definition) is 1. The SMILES string of the molecule is COCC1(OB(O)Oc2ccccc2)CCCCC1. The zero-order valence-electron chi connectivity index (χ0n) is 11.4. The fourth-order valence-corrected chi connectivity index (χ4v) is 2.61. The fraction of sp³-hybridized carbons (Fsp3) is 0.571. The maximum absolute atomic E-state index is 9.95. The molecule has 1 aromatic rings. The van der Waals surface area contributed by atoms with Crippen LogP contribution in [0.1, 0.15) is 32.1 Å². The van der Waals surface area contributed by atoms with Gasteiger partial charge < -0.3 is 19.1 Å². The first-order chi connectivity index (χ1) is 9.24. The summed E-state index contributed by atoms with van der Waals surface area (Å²) in [6.45, 7) is 0.488. The average Bonchev–Trinajstić information content (AvgIpc) is 2.40. The first kappa shape index (κ1) is 14.4. The highest BCUT2D eigenvalue weighted by molar-refractivity contribution is 6.35. The first-order valence-electron chi connectivity index (χ1n) is 6.81. The quantitative estimate of drug-likeness (QED) is 0.801. The minimum Gasteiger partial charge on any atom is -0.512 e.